The molecule has 1 aromatic heterocycles. The summed E-state index contributed by atoms with van der Waals surface area (Å²) in [6.45, 7) is 0.107. The highest BCUT2D eigenvalue weighted by Gasteiger charge is 2.40. The Balaban J connectivity index is 1.93. The maximum atomic E-state index is 13.1. The van der Waals surface area contributed by atoms with Crippen molar-refractivity contribution >= 4 is 6.03 Å². The summed E-state index contributed by atoms with van der Waals surface area (Å²) in [5.41, 5.74) is 1.21. The highest BCUT2D eigenvalue weighted by molar-refractivity contribution is 5.74. The number of alkyl halides is 3. The normalized spacial score (nSPS) is 12.5. The Morgan fingerprint density at radius 2 is 1.78 bits per heavy atom. The molecule has 0 aliphatic rings. The summed E-state index contributed by atoms with van der Waals surface area (Å²) in [6, 6.07) is 8.81. The van der Waals surface area contributed by atoms with Crippen molar-refractivity contribution in [1.82, 2.24) is 15.6 Å². The van der Waals surface area contributed by atoms with E-state index >= 15 is 0 Å². The van der Waals surface area contributed by atoms with Gasteiger partial charge in [0, 0.05) is 25.4 Å². The molecule has 0 saturated carbocycles. The van der Waals surface area contributed by atoms with Crippen molar-refractivity contribution in [3.05, 3.63) is 66.0 Å². The first-order chi connectivity index (χ1) is 10.9. The van der Waals surface area contributed by atoms with Gasteiger partial charge in [0.25, 0.3) is 0 Å². The molecule has 1 atom stereocenters. The van der Waals surface area contributed by atoms with E-state index in [-0.39, 0.29) is 13.0 Å². The Bertz CT molecular complexity index is 617. The van der Waals surface area contributed by atoms with Crippen LogP contribution in [0, 0.1) is 0 Å². The highest BCUT2D eigenvalue weighted by atomic mass is 19.4. The topological polar surface area (TPSA) is 54.0 Å². The van der Waals surface area contributed by atoms with Gasteiger partial charge in [-0.1, -0.05) is 36.4 Å². The lowest BCUT2D eigenvalue weighted by Gasteiger charge is -2.22. The molecule has 2 rings (SSSR count). The summed E-state index contributed by atoms with van der Waals surface area (Å²) in [4.78, 5) is 15.6. The molecule has 2 N–H and O–H groups in total. The summed E-state index contributed by atoms with van der Waals surface area (Å²) in [6.07, 6.45) is -1.74. The van der Waals surface area contributed by atoms with Crippen LogP contribution >= 0.6 is 0 Å². The third-order valence-electron chi connectivity index (χ3n) is 3.16. The quantitative estimate of drug-likeness (QED) is 0.888. The van der Waals surface area contributed by atoms with E-state index in [1.807, 2.05) is 5.32 Å². The molecule has 1 heterocycles. The average molecular weight is 323 g/mol. The van der Waals surface area contributed by atoms with Crippen LogP contribution in [-0.4, -0.2) is 23.2 Å². The summed E-state index contributed by atoms with van der Waals surface area (Å²) >= 11 is 0. The maximum absolute atomic E-state index is 13.1. The molecule has 0 spiro atoms. The molecule has 0 radical (unpaired) electrons. The summed E-state index contributed by atoms with van der Waals surface area (Å²) in [5.74, 6) is 0. The second-order valence-electron chi connectivity index (χ2n) is 4.97. The number of rotatable bonds is 5. The lowest BCUT2D eigenvalue weighted by atomic mass is 10.1. The summed E-state index contributed by atoms with van der Waals surface area (Å²) in [7, 11) is 0. The fourth-order valence-electron chi connectivity index (χ4n) is 1.99. The van der Waals surface area contributed by atoms with E-state index in [2.05, 4.69) is 10.3 Å². The molecule has 0 aliphatic heterocycles. The van der Waals surface area contributed by atoms with Crippen molar-refractivity contribution in [3.8, 4) is 0 Å². The Hall–Kier alpha value is -2.57. The lowest BCUT2D eigenvalue weighted by molar-refractivity contribution is -0.152. The first-order valence-corrected chi connectivity index (χ1v) is 6.99. The largest absolute Gasteiger partial charge is 0.408 e. The van der Waals surface area contributed by atoms with E-state index in [1.54, 1.807) is 48.7 Å². The van der Waals surface area contributed by atoms with Gasteiger partial charge >= 0.3 is 12.2 Å². The molecule has 0 fully saturated rings. The maximum Gasteiger partial charge on any atom is 0.408 e. The predicted octanol–water partition coefficient (Wildman–Crippen LogP) is 3.05. The Kier molecular flexibility index (Phi) is 5.56. The molecule has 0 saturated heterocycles. The average Bonchev–Trinajstić information content (AvgIpc) is 2.53. The minimum atomic E-state index is -4.53. The predicted molar refractivity (Wildman–Crippen MR) is 79.6 cm³/mol. The minimum absolute atomic E-state index is 0.107. The van der Waals surface area contributed by atoms with Gasteiger partial charge < -0.3 is 10.6 Å². The van der Waals surface area contributed by atoms with Gasteiger partial charge in [-0.3, -0.25) is 4.98 Å². The molecule has 122 valence electrons. The van der Waals surface area contributed by atoms with Crippen molar-refractivity contribution < 1.29 is 18.0 Å². The Morgan fingerprint density at radius 1 is 1.09 bits per heavy atom. The molecule has 23 heavy (non-hydrogen) atoms. The van der Waals surface area contributed by atoms with Crippen LogP contribution in [0.15, 0.2) is 54.9 Å². The first kappa shape index (κ1) is 16.8. The number of hydrogen-bond acceptors (Lipinski definition) is 2. The molecule has 7 heteroatoms. The zero-order chi connectivity index (χ0) is 16.7. The van der Waals surface area contributed by atoms with Gasteiger partial charge in [0.2, 0.25) is 0 Å². The number of halogens is 3. The number of pyridine rings is 1. The van der Waals surface area contributed by atoms with Crippen molar-refractivity contribution in [2.45, 2.75) is 25.2 Å². The van der Waals surface area contributed by atoms with Crippen LogP contribution in [-0.2, 0) is 13.0 Å². The lowest BCUT2D eigenvalue weighted by Crippen LogP contribution is -2.50. The Labute approximate surface area is 131 Å². The monoisotopic (exact) mass is 323 g/mol. The van der Waals surface area contributed by atoms with Crippen LogP contribution in [0.1, 0.15) is 11.1 Å². The van der Waals surface area contributed by atoms with Gasteiger partial charge in [-0.15, -0.1) is 0 Å². The van der Waals surface area contributed by atoms with Crippen molar-refractivity contribution in [1.29, 1.82) is 0 Å². The van der Waals surface area contributed by atoms with Crippen LogP contribution in [0.3, 0.4) is 0 Å². The fraction of sp³-hybridized carbons (Fsp3) is 0.250. The van der Waals surface area contributed by atoms with Crippen LogP contribution in [0.25, 0.3) is 0 Å². The number of benzene rings is 1. The number of hydrogen-bond donors (Lipinski definition) is 2. The van der Waals surface area contributed by atoms with E-state index in [9.17, 15) is 18.0 Å². The van der Waals surface area contributed by atoms with Crippen molar-refractivity contribution in [2.75, 3.05) is 0 Å². The van der Waals surface area contributed by atoms with E-state index in [1.165, 1.54) is 6.20 Å². The smallest absolute Gasteiger partial charge is 0.334 e. The van der Waals surface area contributed by atoms with E-state index in [0.29, 0.717) is 11.1 Å². The van der Waals surface area contributed by atoms with Crippen molar-refractivity contribution in [3.63, 3.8) is 0 Å². The van der Waals surface area contributed by atoms with Crippen LogP contribution in [0.2, 0.25) is 0 Å². The first-order valence-electron chi connectivity index (χ1n) is 6.99. The van der Waals surface area contributed by atoms with Gasteiger partial charge in [-0.2, -0.15) is 13.2 Å². The SMILES string of the molecule is O=C(NCc1cccnc1)NC(Cc1ccccc1)C(F)(F)F. The Morgan fingerprint density at radius 3 is 2.39 bits per heavy atom. The number of aromatic nitrogens is 1. The standard InChI is InChI=1S/C16H16F3N3O/c17-16(18,19)14(9-12-5-2-1-3-6-12)22-15(23)21-11-13-7-4-8-20-10-13/h1-8,10,14H,9,11H2,(H2,21,22,23). The molecular formula is C16H16F3N3O. The zero-order valence-electron chi connectivity index (χ0n) is 12.2. The van der Waals surface area contributed by atoms with Gasteiger partial charge in [0.1, 0.15) is 6.04 Å². The number of nitrogens with zero attached hydrogens (tertiary/aromatic N) is 1. The van der Waals surface area contributed by atoms with E-state index in [4.69, 9.17) is 0 Å². The summed E-state index contributed by atoms with van der Waals surface area (Å²) in [5, 5.41) is 4.38. The van der Waals surface area contributed by atoms with Crippen molar-refractivity contribution in [2.24, 2.45) is 0 Å². The molecular weight excluding hydrogens is 307 g/mol. The molecule has 1 unspecified atom stereocenters. The fourth-order valence-corrected chi connectivity index (χ4v) is 1.99. The second kappa shape index (κ2) is 7.62. The van der Waals surface area contributed by atoms with Gasteiger partial charge in [0.05, 0.1) is 0 Å². The number of nitrogens with one attached hydrogen (secondary N) is 2. The minimum Gasteiger partial charge on any atom is -0.334 e. The molecule has 0 bridgehead atoms. The van der Waals surface area contributed by atoms with Crippen LogP contribution in [0.5, 0.6) is 0 Å². The van der Waals surface area contributed by atoms with Gasteiger partial charge in [0.15, 0.2) is 0 Å². The van der Waals surface area contributed by atoms with Gasteiger partial charge in [-0.25, -0.2) is 4.79 Å². The number of amides is 2. The molecule has 2 amide bonds. The molecule has 4 nitrogen and oxygen atoms in total. The number of carbonyl (C=O) groups excluding carboxylic acids is 1. The molecule has 2 aromatic rings. The second-order valence-corrected chi connectivity index (χ2v) is 4.97. The van der Waals surface area contributed by atoms with E-state index in [0.717, 1.165) is 0 Å². The third-order valence-corrected chi connectivity index (χ3v) is 3.16. The number of urea groups is 1. The zero-order valence-corrected chi connectivity index (χ0v) is 12.2. The highest BCUT2D eigenvalue weighted by Crippen LogP contribution is 2.23. The summed E-state index contributed by atoms with van der Waals surface area (Å²) < 4.78 is 39.2. The van der Waals surface area contributed by atoms with Gasteiger partial charge in [-0.05, 0) is 17.2 Å². The number of carbonyl (C=O) groups is 1. The van der Waals surface area contributed by atoms with Crippen LogP contribution < -0.4 is 10.6 Å². The third kappa shape index (κ3) is 5.61. The molecule has 0 aliphatic carbocycles. The van der Waals surface area contributed by atoms with Crippen LogP contribution in [0.4, 0.5) is 18.0 Å². The molecule has 1 aromatic carbocycles. The van der Waals surface area contributed by atoms with E-state index < -0.39 is 18.2 Å².